The van der Waals surface area contributed by atoms with Crippen LogP contribution in [0.4, 0.5) is 0 Å². The number of carbonyl (C=O) groups excluding carboxylic acids is 2. The van der Waals surface area contributed by atoms with Gasteiger partial charge in [-0.15, -0.1) is 0 Å². The smallest absolute Gasteiger partial charge is 0.341 e. The first-order valence-corrected chi connectivity index (χ1v) is 8.84. The van der Waals surface area contributed by atoms with Gasteiger partial charge in [0.25, 0.3) is 0 Å². The van der Waals surface area contributed by atoms with Crippen molar-refractivity contribution in [1.82, 2.24) is 4.90 Å². The largest absolute Gasteiger partial charge is 0.463 e. The van der Waals surface area contributed by atoms with E-state index in [4.69, 9.17) is 9.47 Å². The standard InChI is InChI=1S/C18H29NO6/c1-5-11(2)16(21)25-12(3)18(4,23)17(22)24-10-13-6-8-19-9-7-14(20)15(13)19/h5,12-15,20,23H,6-10H2,1-4H3/b11-5+/t12?,13-,14-,15?,18?/m1/s1. The topological polar surface area (TPSA) is 96.3 Å². The fraction of sp³-hybridized carbons (Fsp3) is 0.778. The minimum Gasteiger partial charge on any atom is -0.463 e. The molecule has 2 aliphatic rings. The molecule has 0 radical (unpaired) electrons. The molecule has 0 aliphatic carbocycles. The number of rotatable bonds is 6. The SMILES string of the molecule is C/C=C(\C)C(=O)OC(C)C(C)(O)C(=O)OC[C@H]1CCN2CC[C@@H](O)C12. The molecule has 2 N–H and O–H groups in total. The van der Waals surface area contributed by atoms with E-state index in [1.54, 1.807) is 19.9 Å². The quantitative estimate of drug-likeness (QED) is 0.533. The van der Waals surface area contributed by atoms with Gasteiger partial charge in [0.15, 0.2) is 5.60 Å². The number of carbonyl (C=O) groups is 2. The molecule has 0 saturated carbocycles. The third-order valence-corrected chi connectivity index (χ3v) is 5.47. The highest BCUT2D eigenvalue weighted by molar-refractivity contribution is 5.88. The molecule has 2 aliphatic heterocycles. The van der Waals surface area contributed by atoms with E-state index in [0.29, 0.717) is 5.57 Å². The molecule has 2 saturated heterocycles. The Bertz CT molecular complexity index is 544. The molecular weight excluding hydrogens is 326 g/mol. The zero-order valence-corrected chi connectivity index (χ0v) is 15.4. The molecular formula is C18H29NO6. The number of aliphatic hydroxyl groups excluding tert-OH is 1. The number of hydrogen-bond donors (Lipinski definition) is 2. The van der Waals surface area contributed by atoms with E-state index < -0.39 is 29.7 Å². The molecule has 7 heteroatoms. The van der Waals surface area contributed by atoms with Crippen molar-refractivity contribution in [3.05, 3.63) is 11.6 Å². The molecule has 2 fully saturated rings. The Balaban J connectivity index is 1.89. The highest BCUT2D eigenvalue weighted by atomic mass is 16.6. The van der Waals surface area contributed by atoms with Gasteiger partial charge in [0.1, 0.15) is 6.10 Å². The van der Waals surface area contributed by atoms with Crippen molar-refractivity contribution in [2.45, 2.75) is 64.4 Å². The van der Waals surface area contributed by atoms with Crippen molar-refractivity contribution >= 4 is 11.9 Å². The minimum absolute atomic E-state index is 0.0188. The van der Waals surface area contributed by atoms with Crippen molar-refractivity contribution in [2.75, 3.05) is 19.7 Å². The predicted molar refractivity (Wildman–Crippen MR) is 90.7 cm³/mol. The predicted octanol–water partition coefficient (Wildman–Crippen LogP) is 0.634. The number of fused-ring (bicyclic) bond motifs is 1. The lowest BCUT2D eigenvalue weighted by Crippen LogP contribution is -2.49. The second kappa shape index (κ2) is 7.85. The van der Waals surface area contributed by atoms with Gasteiger partial charge in [-0.2, -0.15) is 0 Å². The van der Waals surface area contributed by atoms with E-state index in [0.717, 1.165) is 25.9 Å². The lowest BCUT2D eigenvalue weighted by atomic mass is 9.97. The van der Waals surface area contributed by atoms with Crippen molar-refractivity contribution < 1.29 is 29.3 Å². The third-order valence-electron chi connectivity index (χ3n) is 5.47. The Hall–Kier alpha value is -1.44. The Kier molecular flexibility index (Phi) is 6.24. The summed E-state index contributed by atoms with van der Waals surface area (Å²) in [6.07, 6.45) is 1.75. The summed E-state index contributed by atoms with van der Waals surface area (Å²) < 4.78 is 10.4. The maximum Gasteiger partial charge on any atom is 0.341 e. The number of allylic oxidation sites excluding steroid dienone is 1. The fourth-order valence-corrected chi connectivity index (χ4v) is 3.40. The molecule has 5 atom stereocenters. The Morgan fingerprint density at radius 1 is 1.36 bits per heavy atom. The number of hydrogen-bond acceptors (Lipinski definition) is 7. The summed E-state index contributed by atoms with van der Waals surface area (Å²) >= 11 is 0. The average Bonchev–Trinajstić information content (AvgIpc) is 3.14. The molecule has 3 unspecified atom stereocenters. The van der Waals surface area contributed by atoms with Crippen molar-refractivity contribution in [2.24, 2.45) is 5.92 Å². The maximum atomic E-state index is 12.3. The normalized spacial score (nSPS) is 30.5. The Morgan fingerprint density at radius 3 is 2.64 bits per heavy atom. The van der Waals surface area contributed by atoms with Gasteiger partial charge in [0.05, 0.1) is 12.7 Å². The highest BCUT2D eigenvalue weighted by Crippen LogP contribution is 2.33. The van der Waals surface area contributed by atoms with E-state index in [2.05, 4.69) is 4.90 Å². The van der Waals surface area contributed by atoms with Gasteiger partial charge in [0, 0.05) is 24.1 Å². The fourth-order valence-electron chi connectivity index (χ4n) is 3.40. The monoisotopic (exact) mass is 355 g/mol. The zero-order chi connectivity index (χ0) is 18.8. The van der Waals surface area contributed by atoms with Crippen LogP contribution in [-0.2, 0) is 19.1 Å². The lowest BCUT2D eigenvalue weighted by Gasteiger charge is -2.29. The van der Waals surface area contributed by atoms with Crippen LogP contribution in [0.3, 0.4) is 0 Å². The van der Waals surface area contributed by atoms with Gasteiger partial charge in [-0.3, -0.25) is 4.90 Å². The van der Waals surface area contributed by atoms with Crippen LogP contribution < -0.4 is 0 Å². The first kappa shape index (κ1) is 19.9. The van der Waals surface area contributed by atoms with Crippen molar-refractivity contribution in [3.8, 4) is 0 Å². The maximum absolute atomic E-state index is 12.3. The number of esters is 2. The van der Waals surface area contributed by atoms with Crippen LogP contribution in [0.25, 0.3) is 0 Å². The molecule has 142 valence electrons. The summed E-state index contributed by atoms with van der Waals surface area (Å²) in [5.74, 6) is -1.35. The minimum atomic E-state index is -1.93. The van der Waals surface area contributed by atoms with Gasteiger partial charge >= 0.3 is 11.9 Å². The summed E-state index contributed by atoms with van der Waals surface area (Å²) in [5, 5.41) is 20.5. The molecule has 0 aromatic heterocycles. The van der Waals surface area contributed by atoms with Gasteiger partial charge in [-0.05, 0) is 47.1 Å². The molecule has 0 amide bonds. The molecule has 2 rings (SSSR count). The van der Waals surface area contributed by atoms with Crippen LogP contribution in [0.5, 0.6) is 0 Å². The summed E-state index contributed by atoms with van der Waals surface area (Å²) in [6.45, 7) is 7.94. The lowest BCUT2D eigenvalue weighted by molar-refractivity contribution is -0.183. The number of nitrogens with zero attached hydrogens (tertiary/aromatic N) is 1. The van der Waals surface area contributed by atoms with Crippen LogP contribution in [0.15, 0.2) is 11.6 Å². The van der Waals surface area contributed by atoms with Crippen LogP contribution in [-0.4, -0.2) is 70.6 Å². The van der Waals surface area contributed by atoms with Gasteiger partial charge in [-0.25, -0.2) is 9.59 Å². The first-order chi connectivity index (χ1) is 11.7. The molecule has 0 aromatic carbocycles. The van der Waals surface area contributed by atoms with E-state index >= 15 is 0 Å². The number of ether oxygens (including phenoxy) is 2. The summed E-state index contributed by atoms with van der Waals surface area (Å²) in [5.41, 5.74) is -1.53. The van der Waals surface area contributed by atoms with E-state index in [-0.39, 0.29) is 18.6 Å². The highest BCUT2D eigenvalue weighted by Gasteiger charge is 2.45. The van der Waals surface area contributed by atoms with Gasteiger partial charge < -0.3 is 19.7 Å². The Morgan fingerprint density at radius 2 is 2.00 bits per heavy atom. The summed E-state index contributed by atoms with van der Waals surface area (Å²) in [4.78, 5) is 26.3. The van der Waals surface area contributed by atoms with Crippen molar-refractivity contribution in [1.29, 1.82) is 0 Å². The first-order valence-electron chi connectivity index (χ1n) is 8.84. The van der Waals surface area contributed by atoms with Crippen LogP contribution >= 0.6 is 0 Å². The van der Waals surface area contributed by atoms with Gasteiger partial charge in [0.2, 0.25) is 0 Å². The second-order valence-corrected chi connectivity index (χ2v) is 7.20. The van der Waals surface area contributed by atoms with Crippen LogP contribution in [0.2, 0.25) is 0 Å². The molecule has 0 aromatic rings. The molecule has 2 heterocycles. The summed E-state index contributed by atoms with van der Waals surface area (Å²) in [7, 11) is 0. The average molecular weight is 355 g/mol. The van der Waals surface area contributed by atoms with Crippen LogP contribution in [0, 0.1) is 5.92 Å². The van der Waals surface area contributed by atoms with Crippen molar-refractivity contribution in [3.63, 3.8) is 0 Å². The molecule has 0 bridgehead atoms. The van der Waals surface area contributed by atoms with Gasteiger partial charge in [-0.1, -0.05) is 6.08 Å². The zero-order valence-electron chi connectivity index (χ0n) is 15.4. The molecule has 7 nitrogen and oxygen atoms in total. The molecule has 25 heavy (non-hydrogen) atoms. The van der Waals surface area contributed by atoms with E-state index in [1.807, 2.05) is 0 Å². The summed E-state index contributed by atoms with van der Waals surface area (Å²) in [6, 6.07) is 0.0188. The molecule has 0 spiro atoms. The second-order valence-electron chi connectivity index (χ2n) is 7.20. The van der Waals surface area contributed by atoms with E-state index in [9.17, 15) is 19.8 Å². The number of aliphatic hydroxyl groups is 2. The Labute approximate surface area is 148 Å². The van der Waals surface area contributed by atoms with Crippen LogP contribution in [0.1, 0.15) is 40.5 Å². The van der Waals surface area contributed by atoms with E-state index in [1.165, 1.54) is 13.8 Å². The third kappa shape index (κ3) is 4.22.